The quantitative estimate of drug-likeness (QED) is 0.590. The highest BCUT2D eigenvalue weighted by atomic mass is 79.9. The van der Waals surface area contributed by atoms with E-state index in [2.05, 4.69) is 27.8 Å². The monoisotopic (exact) mass is 239 g/mol. The van der Waals surface area contributed by atoms with Gasteiger partial charge >= 0.3 is 0 Å². The van der Waals surface area contributed by atoms with Crippen LogP contribution in [0.3, 0.4) is 0 Å². The molecule has 0 spiro atoms. The number of unbranched alkanes of at least 4 members (excludes halogenated alkanes) is 1. The van der Waals surface area contributed by atoms with E-state index in [1.54, 1.807) is 0 Å². The summed E-state index contributed by atoms with van der Waals surface area (Å²) in [5, 5.41) is 0.989. The molecule has 12 heavy (non-hydrogen) atoms. The zero-order valence-electron chi connectivity index (χ0n) is 7.86. The minimum absolute atomic E-state index is 0.190. The lowest BCUT2D eigenvalue weighted by molar-refractivity contribution is 0.270. The predicted octanol–water partition coefficient (Wildman–Crippen LogP) is 2.84. The first-order chi connectivity index (χ1) is 5.85. The Morgan fingerprint density at radius 2 is 1.83 bits per heavy atom. The van der Waals surface area contributed by atoms with Crippen molar-refractivity contribution in [2.24, 2.45) is 0 Å². The molecule has 0 aromatic heterocycles. The van der Waals surface area contributed by atoms with Crippen LogP contribution in [-0.2, 0) is 0 Å². The third kappa shape index (κ3) is 7.04. The Labute approximate surface area is 83.5 Å². The fourth-order valence-electron chi connectivity index (χ4n) is 1.12. The largest absolute Gasteiger partial charge is 0.302 e. The molecule has 0 bridgehead atoms. The zero-order valence-corrected chi connectivity index (χ0v) is 9.45. The summed E-state index contributed by atoms with van der Waals surface area (Å²) in [6, 6.07) is 0. The van der Waals surface area contributed by atoms with Crippen molar-refractivity contribution in [2.45, 2.75) is 26.2 Å². The molecule has 1 nitrogen and oxygen atoms in total. The van der Waals surface area contributed by atoms with Crippen molar-refractivity contribution in [1.29, 1.82) is 0 Å². The van der Waals surface area contributed by atoms with Crippen molar-refractivity contribution >= 4 is 15.9 Å². The topological polar surface area (TPSA) is 3.24 Å². The van der Waals surface area contributed by atoms with E-state index in [9.17, 15) is 4.39 Å². The SMILES string of the molecule is CCCCN(CCBr)CCCF. The van der Waals surface area contributed by atoms with Gasteiger partial charge in [-0.05, 0) is 19.4 Å². The minimum atomic E-state index is -0.190. The minimum Gasteiger partial charge on any atom is -0.302 e. The van der Waals surface area contributed by atoms with E-state index in [-0.39, 0.29) is 6.67 Å². The van der Waals surface area contributed by atoms with E-state index in [1.165, 1.54) is 12.8 Å². The summed E-state index contributed by atoms with van der Waals surface area (Å²) in [6.45, 7) is 5.05. The summed E-state index contributed by atoms with van der Waals surface area (Å²) in [5.74, 6) is 0. The Kier molecular flexibility index (Phi) is 9.75. The smallest absolute Gasteiger partial charge is 0.0906 e. The molecule has 0 aliphatic carbocycles. The first kappa shape index (κ1) is 12.4. The number of hydrogen-bond acceptors (Lipinski definition) is 1. The van der Waals surface area contributed by atoms with E-state index < -0.39 is 0 Å². The Morgan fingerprint density at radius 3 is 2.33 bits per heavy atom. The van der Waals surface area contributed by atoms with Crippen LogP contribution in [0, 0.1) is 0 Å². The van der Waals surface area contributed by atoms with Crippen LogP contribution < -0.4 is 0 Å². The van der Waals surface area contributed by atoms with Crippen molar-refractivity contribution in [1.82, 2.24) is 4.90 Å². The summed E-state index contributed by atoms with van der Waals surface area (Å²) in [4.78, 5) is 2.32. The first-order valence-corrected chi connectivity index (χ1v) is 5.81. The lowest BCUT2D eigenvalue weighted by Gasteiger charge is -2.19. The molecule has 0 saturated heterocycles. The molecule has 0 unspecified atom stereocenters. The average molecular weight is 240 g/mol. The zero-order chi connectivity index (χ0) is 9.23. The fraction of sp³-hybridized carbons (Fsp3) is 1.00. The highest BCUT2D eigenvalue weighted by Gasteiger charge is 2.01. The van der Waals surface area contributed by atoms with E-state index in [0.717, 1.165) is 25.0 Å². The molecule has 0 N–H and O–H groups in total. The molecule has 0 amide bonds. The Hall–Kier alpha value is 0.370. The second-order valence-corrected chi connectivity index (χ2v) is 3.72. The van der Waals surface area contributed by atoms with Gasteiger partial charge in [0, 0.05) is 18.4 Å². The van der Waals surface area contributed by atoms with Gasteiger partial charge in [0.25, 0.3) is 0 Å². The third-order valence-corrected chi connectivity index (χ3v) is 2.19. The second kappa shape index (κ2) is 9.46. The van der Waals surface area contributed by atoms with Crippen LogP contribution >= 0.6 is 15.9 Å². The number of nitrogens with zero attached hydrogens (tertiary/aromatic N) is 1. The normalized spacial score (nSPS) is 11.0. The summed E-state index contributed by atoms with van der Waals surface area (Å²) < 4.78 is 11.9. The molecule has 0 fully saturated rings. The van der Waals surface area contributed by atoms with Crippen molar-refractivity contribution < 1.29 is 4.39 Å². The maximum atomic E-state index is 11.9. The van der Waals surface area contributed by atoms with Crippen LogP contribution in [0.2, 0.25) is 0 Å². The lowest BCUT2D eigenvalue weighted by Crippen LogP contribution is -2.28. The van der Waals surface area contributed by atoms with Crippen LogP contribution in [-0.4, -0.2) is 36.5 Å². The van der Waals surface area contributed by atoms with Crippen molar-refractivity contribution in [3.05, 3.63) is 0 Å². The maximum absolute atomic E-state index is 11.9. The molecule has 0 aromatic carbocycles. The number of alkyl halides is 2. The average Bonchev–Trinajstić information content (AvgIpc) is 2.10. The maximum Gasteiger partial charge on any atom is 0.0906 e. The van der Waals surface area contributed by atoms with Gasteiger partial charge in [-0.3, -0.25) is 4.39 Å². The van der Waals surface area contributed by atoms with Crippen LogP contribution in [0.25, 0.3) is 0 Å². The van der Waals surface area contributed by atoms with Gasteiger partial charge < -0.3 is 4.90 Å². The van der Waals surface area contributed by atoms with Crippen LogP contribution in [0.4, 0.5) is 4.39 Å². The summed E-state index contributed by atoms with van der Waals surface area (Å²) in [5.41, 5.74) is 0. The lowest BCUT2D eigenvalue weighted by atomic mass is 10.3. The Balaban J connectivity index is 3.40. The molecule has 0 rings (SSSR count). The van der Waals surface area contributed by atoms with Gasteiger partial charge in [0.2, 0.25) is 0 Å². The molecule has 0 aromatic rings. The Morgan fingerprint density at radius 1 is 1.17 bits per heavy atom. The van der Waals surface area contributed by atoms with Crippen molar-refractivity contribution in [2.75, 3.05) is 31.6 Å². The summed E-state index contributed by atoms with van der Waals surface area (Å²) in [7, 11) is 0. The van der Waals surface area contributed by atoms with Gasteiger partial charge in [0.1, 0.15) is 0 Å². The number of halogens is 2. The van der Waals surface area contributed by atoms with Crippen LogP contribution in [0.15, 0.2) is 0 Å². The molecule has 0 saturated carbocycles. The van der Waals surface area contributed by atoms with E-state index in [4.69, 9.17) is 0 Å². The highest BCUT2D eigenvalue weighted by Crippen LogP contribution is 1.98. The highest BCUT2D eigenvalue weighted by molar-refractivity contribution is 9.09. The molecule has 0 radical (unpaired) electrons. The summed E-state index contributed by atoms with van der Waals surface area (Å²) in [6.07, 6.45) is 3.12. The van der Waals surface area contributed by atoms with Gasteiger partial charge in [-0.2, -0.15) is 0 Å². The number of rotatable bonds is 8. The molecule has 0 aliphatic rings. The first-order valence-electron chi connectivity index (χ1n) is 4.69. The van der Waals surface area contributed by atoms with E-state index in [1.807, 2.05) is 0 Å². The second-order valence-electron chi connectivity index (χ2n) is 2.93. The van der Waals surface area contributed by atoms with Crippen molar-refractivity contribution in [3.8, 4) is 0 Å². The molecule has 0 aliphatic heterocycles. The van der Waals surface area contributed by atoms with Gasteiger partial charge in [-0.25, -0.2) is 0 Å². The van der Waals surface area contributed by atoms with Crippen LogP contribution in [0.5, 0.6) is 0 Å². The molecule has 74 valence electrons. The fourth-order valence-corrected chi connectivity index (χ4v) is 1.62. The summed E-state index contributed by atoms with van der Waals surface area (Å²) >= 11 is 3.40. The van der Waals surface area contributed by atoms with Gasteiger partial charge in [-0.15, -0.1) is 0 Å². The standard InChI is InChI=1S/C9H19BrFN/c1-2-3-7-12(9-5-10)8-4-6-11/h2-9H2,1H3. The van der Waals surface area contributed by atoms with E-state index >= 15 is 0 Å². The van der Waals surface area contributed by atoms with Crippen molar-refractivity contribution in [3.63, 3.8) is 0 Å². The van der Waals surface area contributed by atoms with Crippen LogP contribution in [0.1, 0.15) is 26.2 Å². The predicted molar refractivity (Wildman–Crippen MR) is 55.7 cm³/mol. The van der Waals surface area contributed by atoms with Gasteiger partial charge in [-0.1, -0.05) is 29.3 Å². The molecular formula is C9H19BrFN. The molecule has 3 heteroatoms. The molecule has 0 heterocycles. The Bertz CT molecular complexity index is 82.6. The number of hydrogen-bond donors (Lipinski definition) is 0. The molecule has 0 atom stereocenters. The molecular weight excluding hydrogens is 221 g/mol. The third-order valence-electron chi connectivity index (χ3n) is 1.84. The van der Waals surface area contributed by atoms with E-state index in [0.29, 0.717) is 6.42 Å². The van der Waals surface area contributed by atoms with Gasteiger partial charge in [0.15, 0.2) is 0 Å². The van der Waals surface area contributed by atoms with Gasteiger partial charge in [0.05, 0.1) is 6.67 Å².